The Morgan fingerprint density at radius 3 is 2.57 bits per heavy atom. The van der Waals surface area contributed by atoms with Crippen LogP contribution in [0.2, 0.25) is 0 Å². The van der Waals surface area contributed by atoms with Gasteiger partial charge in [-0.15, -0.1) is 12.6 Å². The van der Waals surface area contributed by atoms with E-state index in [1.54, 1.807) is 0 Å². The van der Waals surface area contributed by atoms with Crippen molar-refractivity contribution in [1.29, 1.82) is 0 Å². The number of allylic oxidation sites excluding steroid dienone is 1. The summed E-state index contributed by atoms with van der Waals surface area (Å²) in [6.45, 7) is 1.94. The Labute approximate surface area is 58.8 Å². The summed E-state index contributed by atoms with van der Waals surface area (Å²) >= 11 is 9.96. The van der Waals surface area contributed by atoms with Crippen molar-refractivity contribution in [1.82, 2.24) is 0 Å². The van der Waals surface area contributed by atoms with Gasteiger partial charge in [-0.3, -0.25) is 0 Å². The molecule has 0 bridgehead atoms. The van der Waals surface area contributed by atoms with E-state index in [2.05, 4.69) is 24.8 Å². The zero-order chi connectivity index (χ0) is 5.70. The summed E-state index contributed by atoms with van der Waals surface area (Å²) < 4.78 is 0.665. The number of rotatable bonds is 1. The van der Waals surface area contributed by atoms with Gasteiger partial charge >= 0.3 is 0 Å². The van der Waals surface area contributed by atoms with Crippen molar-refractivity contribution < 1.29 is 0 Å². The molecule has 0 saturated heterocycles. The van der Waals surface area contributed by atoms with Gasteiger partial charge in [0.2, 0.25) is 0 Å². The van der Waals surface area contributed by atoms with E-state index in [9.17, 15) is 0 Å². The number of thiocarbonyl (C=S) groups is 1. The second-order valence-electron chi connectivity index (χ2n) is 0.853. The van der Waals surface area contributed by atoms with Crippen molar-refractivity contribution in [2.45, 2.75) is 6.92 Å². The summed E-state index contributed by atoms with van der Waals surface area (Å²) in [7, 11) is 0. The molecule has 0 saturated carbocycles. The summed E-state index contributed by atoms with van der Waals surface area (Å²) in [6.07, 6.45) is 1.92. The number of thioether (sulfide) groups is 1. The minimum Gasteiger partial charge on any atom is -0.125 e. The Kier molecular flexibility index (Phi) is 5.04. The van der Waals surface area contributed by atoms with E-state index in [1.807, 2.05) is 18.4 Å². The van der Waals surface area contributed by atoms with Crippen molar-refractivity contribution in [2.75, 3.05) is 0 Å². The molecular weight excluding hydrogens is 144 g/mol. The lowest BCUT2D eigenvalue weighted by Crippen LogP contribution is -1.61. The standard InChI is InChI=1S/C4H6S3/c1-2-3-7-4(5)6/h2-3H,1H3,(H,5,6). The van der Waals surface area contributed by atoms with Gasteiger partial charge in [0, 0.05) is 0 Å². The first-order valence-electron chi connectivity index (χ1n) is 1.78. The zero-order valence-electron chi connectivity index (χ0n) is 3.92. The van der Waals surface area contributed by atoms with Gasteiger partial charge < -0.3 is 0 Å². The summed E-state index contributed by atoms with van der Waals surface area (Å²) in [5, 5.41) is 1.90. The highest BCUT2D eigenvalue weighted by Gasteiger charge is 1.78. The highest BCUT2D eigenvalue weighted by Crippen LogP contribution is 2.07. The Morgan fingerprint density at radius 2 is 2.43 bits per heavy atom. The van der Waals surface area contributed by atoms with Gasteiger partial charge in [0.25, 0.3) is 0 Å². The Balaban J connectivity index is 3.14. The van der Waals surface area contributed by atoms with Crippen LogP contribution in [-0.4, -0.2) is 3.53 Å². The smallest absolute Gasteiger partial charge is 0.105 e. The molecule has 0 aromatic heterocycles. The predicted octanol–water partition coefficient (Wildman–Crippen LogP) is 2.47. The number of hydrogen-bond donors (Lipinski definition) is 1. The van der Waals surface area contributed by atoms with E-state index in [0.717, 1.165) is 0 Å². The molecule has 0 spiro atoms. The quantitative estimate of drug-likeness (QED) is 0.450. The second-order valence-corrected chi connectivity index (χ2v) is 3.49. The van der Waals surface area contributed by atoms with Crippen LogP contribution in [0.5, 0.6) is 0 Å². The van der Waals surface area contributed by atoms with E-state index in [0.29, 0.717) is 3.53 Å². The molecule has 0 rings (SSSR count). The molecule has 0 nitrogen and oxygen atoms in total. The minimum atomic E-state index is 0.665. The molecule has 40 valence electrons. The molecule has 0 aliphatic heterocycles. The average Bonchev–Trinajstić information content (AvgIpc) is 1.61. The molecule has 0 heterocycles. The molecule has 0 amide bonds. The zero-order valence-corrected chi connectivity index (χ0v) is 6.45. The second kappa shape index (κ2) is 4.68. The molecule has 0 fully saturated rings. The van der Waals surface area contributed by atoms with Gasteiger partial charge in [-0.1, -0.05) is 30.1 Å². The van der Waals surface area contributed by atoms with Crippen molar-refractivity contribution in [3.63, 3.8) is 0 Å². The Hall–Kier alpha value is 0.530. The maximum atomic E-state index is 4.64. The highest BCUT2D eigenvalue weighted by molar-refractivity contribution is 8.42. The van der Waals surface area contributed by atoms with Gasteiger partial charge in [-0.2, -0.15) is 0 Å². The first-order chi connectivity index (χ1) is 3.27. The first-order valence-corrected chi connectivity index (χ1v) is 3.51. The van der Waals surface area contributed by atoms with E-state index in [1.165, 1.54) is 11.8 Å². The number of thiol groups is 1. The molecule has 7 heavy (non-hydrogen) atoms. The molecule has 0 aromatic carbocycles. The van der Waals surface area contributed by atoms with Gasteiger partial charge in [-0.05, 0) is 12.3 Å². The molecule has 0 atom stereocenters. The van der Waals surface area contributed by atoms with Gasteiger partial charge in [0.1, 0.15) is 3.53 Å². The maximum Gasteiger partial charge on any atom is 0.105 e. The lowest BCUT2D eigenvalue weighted by atomic mass is 10.8. The molecule has 0 aliphatic carbocycles. The van der Waals surface area contributed by atoms with Gasteiger partial charge in [0.05, 0.1) is 0 Å². The fourth-order valence-corrected chi connectivity index (χ4v) is 0.728. The largest absolute Gasteiger partial charge is 0.125 e. The van der Waals surface area contributed by atoms with Gasteiger partial charge in [-0.25, -0.2) is 0 Å². The van der Waals surface area contributed by atoms with Crippen LogP contribution in [0, 0.1) is 0 Å². The van der Waals surface area contributed by atoms with Crippen molar-refractivity contribution in [3.05, 3.63) is 11.5 Å². The molecule has 0 unspecified atom stereocenters. The van der Waals surface area contributed by atoms with Crippen LogP contribution in [0.3, 0.4) is 0 Å². The van der Waals surface area contributed by atoms with Crippen LogP contribution < -0.4 is 0 Å². The molecule has 3 heteroatoms. The first kappa shape index (κ1) is 7.53. The summed E-state index contributed by atoms with van der Waals surface area (Å²) in [5.41, 5.74) is 0. The maximum absolute atomic E-state index is 4.64. The topological polar surface area (TPSA) is 0 Å². The minimum absolute atomic E-state index is 0.665. The highest BCUT2D eigenvalue weighted by atomic mass is 32.2. The normalized spacial score (nSPS) is 10.0. The molecule has 0 radical (unpaired) electrons. The van der Waals surface area contributed by atoms with Crippen LogP contribution in [0.1, 0.15) is 6.92 Å². The predicted molar refractivity (Wildman–Crippen MR) is 44.0 cm³/mol. The molecule has 0 N–H and O–H groups in total. The third-order valence-corrected chi connectivity index (χ3v) is 1.52. The van der Waals surface area contributed by atoms with Crippen LogP contribution >= 0.6 is 36.6 Å². The van der Waals surface area contributed by atoms with Crippen LogP contribution in [0.4, 0.5) is 0 Å². The SMILES string of the molecule is CC=CSC(=S)S. The monoisotopic (exact) mass is 150 g/mol. The lowest BCUT2D eigenvalue weighted by molar-refractivity contribution is 1.79. The van der Waals surface area contributed by atoms with E-state index >= 15 is 0 Å². The summed E-state index contributed by atoms with van der Waals surface area (Å²) in [6, 6.07) is 0. The van der Waals surface area contributed by atoms with Crippen LogP contribution in [-0.2, 0) is 0 Å². The van der Waals surface area contributed by atoms with E-state index in [-0.39, 0.29) is 0 Å². The van der Waals surface area contributed by atoms with Crippen LogP contribution in [0.15, 0.2) is 11.5 Å². The van der Waals surface area contributed by atoms with Crippen molar-refractivity contribution in [2.24, 2.45) is 0 Å². The third-order valence-electron chi connectivity index (χ3n) is 0.305. The van der Waals surface area contributed by atoms with Crippen molar-refractivity contribution >= 4 is 40.1 Å². The lowest BCUT2D eigenvalue weighted by Gasteiger charge is -1.80. The fourth-order valence-electron chi connectivity index (χ4n) is 0.126. The van der Waals surface area contributed by atoms with E-state index < -0.39 is 0 Å². The number of hydrogen-bond acceptors (Lipinski definition) is 2. The average molecular weight is 150 g/mol. The van der Waals surface area contributed by atoms with Crippen molar-refractivity contribution in [3.8, 4) is 0 Å². The fraction of sp³-hybridized carbons (Fsp3) is 0.250. The summed E-state index contributed by atoms with van der Waals surface area (Å²) in [5.74, 6) is 0. The Bertz CT molecular complexity index is 84.9. The molecule has 0 aromatic rings. The molecular formula is C4H6S3. The summed E-state index contributed by atoms with van der Waals surface area (Å²) in [4.78, 5) is 0. The Morgan fingerprint density at radius 1 is 1.86 bits per heavy atom. The van der Waals surface area contributed by atoms with E-state index in [4.69, 9.17) is 0 Å². The van der Waals surface area contributed by atoms with Gasteiger partial charge in [0.15, 0.2) is 0 Å². The molecule has 0 aliphatic rings. The third kappa shape index (κ3) is 6.53. The van der Waals surface area contributed by atoms with Crippen LogP contribution in [0.25, 0.3) is 0 Å².